The van der Waals surface area contributed by atoms with Crippen molar-refractivity contribution in [1.29, 1.82) is 0 Å². The SMILES string of the molecule is COc1ccc(C(NC(=O)CNC(=O)Cc2ccccc2)c2nccn2C)cc1. The Bertz CT molecular complexity index is 952. The van der Waals surface area contributed by atoms with Gasteiger partial charge in [-0.25, -0.2) is 4.98 Å². The van der Waals surface area contributed by atoms with E-state index in [2.05, 4.69) is 15.6 Å². The summed E-state index contributed by atoms with van der Waals surface area (Å²) < 4.78 is 7.05. The van der Waals surface area contributed by atoms with Crippen molar-refractivity contribution in [2.75, 3.05) is 13.7 Å². The summed E-state index contributed by atoms with van der Waals surface area (Å²) in [6.45, 7) is -0.108. The summed E-state index contributed by atoms with van der Waals surface area (Å²) in [6.07, 6.45) is 3.73. The Labute approximate surface area is 169 Å². The van der Waals surface area contributed by atoms with E-state index >= 15 is 0 Å². The Balaban J connectivity index is 1.65. The van der Waals surface area contributed by atoms with Crippen LogP contribution in [0, 0.1) is 0 Å². The number of aryl methyl sites for hydroxylation is 1. The molecule has 0 aliphatic carbocycles. The van der Waals surface area contributed by atoms with E-state index in [0.29, 0.717) is 5.82 Å². The average molecular weight is 392 g/mol. The van der Waals surface area contributed by atoms with Gasteiger partial charge in [-0.05, 0) is 23.3 Å². The molecule has 150 valence electrons. The van der Waals surface area contributed by atoms with Crippen LogP contribution in [0.25, 0.3) is 0 Å². The predicted molar refractivity (Wildman–Crippen MR) is 109 cm³/mol. The number of methoxy groups -OCH3 is 1. The number of aromatic nitrogens is 2. The molecule has 0 fully saturated rings. The summed E-state index contributed by atoms with van der Waals surface area (Å²) in [5.41, 5.74) is 1.76. The van der Waals surface area contributed by atoms with Gasteiger partial charge >= 0.3 is 0 Å². The second-order valence-corrected chi connectivity index (χ2v) is 6.61. The molecule has 2 amide bonds. The molecule has 2 N–H and O–H groups in total. The Morgan fingerprint density at radius 2 is 1.79 bits per heavy atom. The minimum absolute atomic E-state index is 0.108. The molecule has 0 spiro atoms. The number of hydrogen-bond acceptors (Lipinski definition) is 4. The highest BCUT2D eigenvalue weighted by Crippen LogP contribution is 2.22. The molecular formula is C22H24N4O3. The van der Waals surface area contributed by atoms with E-state index in [0.717, 1.165) is 16.9 Å². The molecule has 1 heterocycles. The molecule has 0 aliphatic rings. The van der Waals surface area contributed by atoms with Crippen molar-refractivity contribution >= 4 is 11.8 Å². The Kier molecular flexibility index (Phi) is 6.63. The van der Waals surface area contributed by atoms with Crippen molar-refractivity contribution in [3.63, 3.8) is 0 Å². The molecular weight excluding hydrogens is 368 g/mol. The first-order valence-electron chi connectivity index (χ1n) is 9.28. The minimum atomic E-state index is -0.445. The van der Waals surface area contributed by atoms with Crippen LogP contribution in [0.1, 0.15) is 23.0 Å². The second kappa shape index (κ2) is 9.54. The summed E-state index contributed by atoms with van der Waals surface area (Å²) in [4.78, 5) is 29.0. The largest absolute Gasteiger partial charge is 0.497 e. The van der Waals surface area contributed by atoms with Gasteiger partial charge in [-0.15, -0.1) is 0 Å². The molecule has 1 unspecified atom stereocenters. The van der Waals surface area contributed by atoms with Crippen LogP contribution in [0.5, 0.6) is 5.75 Å². The average Bonchev–Trinajstić information content (AvgIpc) is 3.17. The zero-order valence-electron chi connectivity index (χ0n) is 16.5. The number of hydrogen-bond donors (Lipinski definition) is 2. The number of nitrogens with one attached hydrogen (secondary N) is 2. The topological polar surface area (TPSA) is 85.2 Å². The van der Waals surface area contributed by atoms with Gasteiger partial charge in [0.2, 0.25) is 11.8 Å². The molecule has 7 heteroatoms. The van der Waals surface area contributed by atoms with Crippen molar-refractivity contribution in [1.82, 2.24) is 20.2 Å². The predicted octanol–water partition coefficient (Wildman–Crippen LogP) is 1.99. The van der Waals surface area contributed by atoms with E-state index < -0.39 is 6.04 Å². The molecule has 0 bridgehead atoms. The number of amides is 2. The van der Waals surface area contributed by atoms with E-state index in [4.69, 9.17) is 4.74 Å². The normalized spacial score (nSPS) is 11.5. The highest BCUT2D eigenvalue weighted by molar-refractivity contribution is 5.86. The third-order valence-corrected chi connectivity index (χ3v) is 4.52. The lowest BCUT2D eigenvalue weighted by molar-refractivity contribution is -0.126. The number of carbonyl (C=O) groups is 2. The van der Waals surface area contributed by atoms with Gasteiger partial charge in [0.1, 0.15) is 17.6 Å². The van der Waals surface area contributed by atoms with Gasteiger partial charge in [-0.2, -0.15) is 0 Å². The van der Waals surface area contributed by atoms with Crippen molar-refractivity contribution in [2.45, 2.75) is 12.5 Å². The first-order valence-corrected chi connectivity index (χ1v) is 9.28. The summed E-state index contributed by atoms with van der Waals surface area (Å²) in [5, 5.41) is 5.62. The van der Waals surface area contributed by atoms with Crippen LogP contribution in [0.2, 0.25) is 0 Å². The fourth-order valence-electron chi connectivity index (χ4n) is 2.98. The fraction of sp³-hybridized carbons (Fsp3) is 0.227. The monoisotopic (exact) mass is 392 g/mol. The summed E-state index contributed by atoms with van der Waals surface area (Å²) in [6, 6.07) is 16.4. The summed E-state index contributed by atoms with van der Waals surface area (Å²) in [7, 11) is 3.47. The maximum Gasteiger partial charge on any atom is 0.240 e. The van der Waals surface area contributed by atoms with Crippen LogP contribution in [-0.2, 0) is 23.1 Å². The lowest BCUT2D eigenvalue weighted by Gasteiger charge is -2.19. The molecule has 3 rings (SSSR count). The van der Waals surface area contributed by atoms with Crippen LogP contribution < -0.4 is 15.4 Å². The zero-order valence-corrected chi connectivity index (χ0v) is 16.5. The number of carbonyl (C=O) groups excluding carboxylic acids is 2. The minimum Gasteiger partial charge on any atom is -0.497 e. The third-order valence-electron chi connectivity index (χ3n) is 4.52. The molecule has 0 saturated carbocycles. The number of benzene rings is 2. The van der Waals surface area contributed by atoms with Crippen molar-refractivity contribution in [3.05, 3.63) is 83.9 Å². The Morgan fingerprint density at radius 3 is 2.41 bits per heavy atom. The highest BCUT2D eigenvalue weighted by Gasteiger charge is 2.21. The van der Waals surface area contributed by atoms with Gasteiger partial charge in [0.25, 0.3) is 0 Å². The molecule has 1 atom stereocenters. The van der Waals surface area contributed by atoms with Gasteiger partial charge < -0.3 is 19.9 Å². The molecule has 0 aliphatic heterocycles. The Morgan fingerprint density at radius 1 is 1.07 bits per heavy atom. The first-order chi connectivity index (χ1) is 14.1. The number of ether oxygens (including phenoxy) is 1. The molecule has 2 aromatic carbocycles. The molecule has 0 saturated heterocycles. The van der Waals surface area contributed by atoms with Gasteiger partial charge in [0.15, 0.2) is 0 Å². The van der Waals surface area contributed by atoms with Gasteiger partial charge in [-0.1, -0.05) is 42.5 Å². The van der Waals surface area contributed by atoms with Crippen molar-refractivity contribution in [2.24, 2.45) is 7.05 Å². The lowest BCUT2D eigenvalue weighted by Crippen LogP contribution is -2.40. The van der Waals surface area contributed by atoms with Crippen LogP contribution in [0.4, 0.5) is 0 Å². The summed E-state index contributed by atoms with van der Waals surface area (Å²) >= 11 is 0. The summed E-state index contributed by atoms with van der Waals surface area (Å²) in [5.74, 6) is 0.922. The maximum absolute atomic E-state index is 12.5. The zero-order chi connectivity index (χ0) is 20.6. The van der Waals surface area contributed by atoms with E-state index in [1.54, 1.807) is 13.3 Å². The lowest BCUT2D eigenvalue weighted by atomic mass is 10.1. The standard InChI is InChI=1S/C22H24N4O3/c1-26-13-12-23-22(26)21(17-8-10-18(29-2)11-9-17)25-20(28)15-24-19(27)14-16-6-4-3-5-7-16/h3-13,21H,14-15H2,1-2H3,(H,24,27)(H,25,28). The fourth-order valence-corrected chi connectivity index (χ4v) is 2.98. The van der Waals surface area contributed by atoms with Crippen molar-refractivity contribution < 1.29 is 14.3 Å². The molecule has 0 radical (unpaired) electrons. The van der Waals surface area contributed by atoms with E-state index in [1.807, 2.05) is 72.4 Å². The maximum atomic E-state index is 12.5. The van der Waals surface area contributed by atoms with Crippen LogP contribution in [0.3, 0.4) is 0 Å². The Hall–Kier alpha value is -3.61. The first kappa shape index (κ1) is 20.1. The molecule has 1 aromatic heterocycles. The van der Waals surface area contributed by atoms with Gasteiger partial charge in [0.05, 0.1) is 20.1 Å². The highest BCUT2D eigenvalue weighted by atomic mass is 16.5. The molecule has 3 aromatic rings. The van der Waals surface area contributed by atoms with Gasteiger partial charge in [-0.3, -0.25) is 9.59 Å². The van der Waals surface area contributed by atoms with E-state index in [-0.39, 0.29) is 24.8 Å². The van der Waals surface area contributed by atoms with Crippen molar-refractivity contribution in [3.8, 4) is 5.75 Å². The van der Waals surface area contributed by atoms with Crippen LogP contribution >= 0.6 is 0 Å². The molecule has 7 nitrogen and oxygen atoms in total. The van der Waals surface area contributed by atoms with Crippen LogP contribution in [-0.4, -0.2) is 35.0 Å². The van der Waals surface area contributed by atoms with Crippen LogP contribution in [0.15, 0.2) is 67.0 Å². The van der Waals surface area contributed by atoms with Gasteiger partial charge in [0, 0.05) is 19.4 Å². The third kappa shape index (κ3) is 5.44. The second-order valence-electron chi connectivity index (χ2n) is 6.61. The van der Waals surface area contributed by atoms with E-state index in [9.17, 15) is 9.59 Å². The molecule has 29 heavy (non-hydrogen) atoms. The number of imidazole rings is 1. The smallest absolute Gasteiger partial charge is 0.240 e. The quantitative estimate of drug-likeness (QED) is 0.614. The number of rotatable bonds is 8. The van der Waals surface area contributed by atoms with E-state index in [1.165, 1.54) is 0 Å². The number of nitrogens with zero attached hydrogens (tertiary/aromatic N) is 2.